The Bertz CT molecular complexity index is 511. The summed E-state index contributed by atoms with van der Waals surface area (Å²) in [5, 5.41) is 2.94. The number of nitrogens with one attached hydrogen (secondary N) is 1. The number of aromatic nitrogens is 2. The molecule has 0 amide bonds. The van der Waals surface area contributed by atoms with E-state index in [0.29, 0.717) is 5.95 Å². The third kappa shape index (κ3) is 2.22. The lowest BCUT2D eigenvalue weighted by Gasteiger charge is -2.07. The van der Waals surface area contributed by atoms with Gasteiger partial charge in [0.15, 0.2) is 0 Å². The predicted octanol–water partition coefficient (Wildman–Crippen LogP) is 3.26. The standard InChI is InChI=1S/C12H12BrN3/c1-8-3-4-9(13)7-10(8)11-5-6-15-12(14-2)16-11/h3-7H,1-2H3,(H,14,15,16). The Morgan fingerprint density at radius 1 is 1.25 bits per heavy atom. The average molecular weight is 278 g/mol. The van der Waals surface area contributed by atoms with Gasteiger partial charge in [0.1, 0.15) is 0 Å². The van der Waals surface area contributed by atoms with Crippen LogP contribution in [0.1, 0.15) is 5.56 Å². The quantitative estimate of drug-likeness (QED) is 0.916. The van der Waals surface area contributed by atoms with Crippen molar-refractivity contribution in [2.24, 2.45) is 0 Å². The van der Waals surface area contributed by atoms with E-state index in [1.165, 1.54) is 5.56 Å². The summed E-state index contributed by atoms with van der Waals surface area (Å²) < 4.78 is 1.05. The van der Waals surface area contributed by atoms with E-state index in [-0.39, 0.29) is 0 Å². The second-order valence-electron chi connectivity index (χ2n) is 3.47. The Morgan fingerprint density at radius 3 is 2.81 bits per heavy atom. The van der Waals surface area contributed by atoms with Crippen LogP contribution in [0.4, 0.5) is 5.95 Å². The van der Waals surface area contributed by atoms with E-state index < -0.39 is 0 Å². The van der Waals surface area contributed by atoms with E-state index in [1.807, 2.05) is 19.2 Å². The fourth-order valence-corrected chi connectivity index (χ4v) is 1.86. The summed E-state index contributed by atoms with van der Waals surface area (Å²) in [6, 6.07) is 8.08. The third-order valence-electron chi connectivity index (χ3n) is 2.35. The molecule has 3 nitrogen and oxygen atoms in total. The predicted molar refractivity (Wildman–Crippen MR) is 69.5 cm³/mol. The van der Waals surface area contributed by atoms with Crippen LogP contribution in [-0.2, 0) is 0 Å². The molecule has 0 atom stereocenters. The molecule has 0 fully saturated rings. The average Bonchev–Trinajstić information content (AvgIpc) is 2.32. The molecule has 2 aromatic rings. The molecule has 0 bridgehead atoms. The van der Waals surface area contributed by atoms with Gasteiger partial charge in [-0.25, -0.2) is 9.97 Å². The largest absolute Gasteiger partial charge is 0.357 e. The summed E-state index contributed by atoms with van der Waals surface area (Å²) in [4.78, 5) is 8.52. The maximum atomic E-state index is 4.42. The molecule has 0 spiro atoms. The zero-order chi connectivity index (χ0) is 11.5. The molecule has 0 aliphatic carbocycles. The van der Waals surface area contributed by atoms with Gasteiger partial charge in [0, 0.05) is 23.3 Å². The second-order valence-corrected chi connectivity index (χ2v) is 4.39. The lowest BCUT2D eigenvalue weighted by atomic mass is 10.1. The summed E-state index contributed by atoms with van der Waals surface area (Å²) in [5.74, 6) is 0.636. The highest BCUT2D eigenvalue weighted by molar-refractivity contribution is 9.10. The Hall–Kier alpha value is -1.42. The van der Waals surface area contributed by atoms with Crippen molar-refractivity contribution < 1.29 is 0 Å². The van der Waals surface area contributed by atoms with Crippen LogP contribution in [0.2, 0.25) is 0 Å². The first kappa shape index (κ1) is 11.1. The van der Waals surface area contributed by atoms with E-state index in [2.05, 4.69) is 50.3 Å². The molecule has 16 heavy (non-hydrogen) atoms. The van der Waals surface area contributed by atoms with Crippen molar-refractivity contribution in [2.75, 3.05) is 12.4 Å². The summed E-state index contributed by atoms with van der Waals surface area (Å²) >= 11 is 3.47. The van der Waals surface area contributed by atoms with Crippen molar-refractivity contribution in [1.82, 2.24) is 9.97 Å². The zero-order valence-electron chi connectivity index (χ0n) is 9.16. The van der Waals surface area contributed by atoms with Gasteiger partial charge in [-0.15, -0.1) is 0 Å². The van der Waals surface area contributed by atoms with Crippen molar-refractivity contribution in [3.63, 3.8) is 0 Å². The van der Waals surface area contributed by atoms with E-state index >= 15 is 0 Å². The fraction of sp³-hybridized carbons (Fsp3) is 0.167. The molecule has 1 aromatic carbocycles. The van der Waals surface area contributed by atoms with Gasteiger partial charge < -0.3 is 5.32 Å². The molecule has 0 aliphatic heterocycles. The highest BCUT2D eigenvalue weighted by atomic mass is 79.9. The van der Waals surface area contributed by atoms with Gasteiger partial charge >= 0.3 is 0 Å². The maximum absolute atomic E-state index is 4.42. The Labute approximate surface area is 103 Å². The van der Waals surface area contributed by atoms with E-state index in [9.17, 15) is 0 Å². The topological polar surface area (TPSA) is 37.8 Å². The van der Waals surface area contributed by atoms with Crippen molar-refractivity contribution in [3.05, 3.63) is 40.5 Å². The monoisotopic (exact) mass is 277 g/mol. The molecule has 0 aliphatic rings. The number of anilines is 1. The van der Waals surface area contributed by atoms with Crippen molar-refractivity contribution in [1.29, 1.82) is 0 Å². The van der Waals surface area contributed by atoms with Gasteiger partial charge in [0.25, 0.3) is 0 Å². The summed E-state index contributed by atoms with van der Waals surface area (Å²) in [6.07, 6.45) is 1.76. The van der Waals surface area contributed by atoms with Gasteiger partial charge in [0.05, 0.1) is 5.69 Å². The number of halogens is 1. The lowest BCUT2D eigenvalue weighted by molar-refractivity contribution is 1.15. The van der Waals surface area contributed by atoms with Gasteiger partial charge in [-0.05, 0) is 30.7 Å². The number of hydrogen-bond donors (Lipinski definition) is 1. The van der Waals surface area contributed by atoms with Gasteiger partial charge in [-0.2, -0.15) is 0 Å². The molecule has 0 radical (unpaired) electrons. The van der Waals surface area contributed by atoms with Crippen LogP contribution in [0.3, 0.4) is 0 Å². The Balaban J connectivity index is 2.53. The first-order chi connectivity index (χ1) is 7.70. The number of nitrogens with zero attached hydrogens (tertiary/aromatic N) is 2. The highest BCUT2D eigenvalue weighted by Crippen LogP contribution is 2.25. The smallest absolute Gasteiger partial charge is 0.222 e. The normalized spacial score (nSPS) is 10.2. The summed E-state index contributed by atoms with van der Waals surface area (Å²) in [5.41, 5.74) is 3.25. The zero-order valence-corrected chi connectivity index (χ0v) is 10.7. The molecule has 1 heterocycles. The Morgan fingerprint density at radius 2 is 2.06 bits per heavy atom. The fourth-order valence-electron chi connectivity index (χ4n) is 1.50. The minimum absolute atomic E-state index is 0.636. The molecule has 4 heteroatoms. The molecule has 0 unspecified atom stereocenters. The van der Waals surface area contributed by atoms with Crippen LogP contribution in [0.5, 0.6) is 0 Å². The van der Waals surface area contributed by atoms with E-state index in [1.54, 1.807) is 6.20 Å². The first-order valence-corrected chi connectivity index (χ1v) is 5.77. The molecule has 82 valence electrons. The summed E-state index contributed by atoms with van der Waals surface area (Å²) in [7, 11) is 1.81. The maximum Gasteiger partial charge on any atom is 0.222 e. The van der Waals surface area contributed by atoms with Crippen LogP contribution in [0.15, 0.2) is 34.9 Å². The minimum atomic E-state index is 0.636. The molecule has 1 aromatic heterocycles. The van der Waals surface area contributed by atoms with E-state index in [4.69, 9.17) is 0 Å². The van der Waals surface area contributed by atoms with Gasteiger partial charge in [-0.1, -0.05) is 22.0 Å². The Kier molecular flexibility index (Phi) is 3.19. The van der Waals surface area contributed by atoms with E-state index in [0.717, 1.165) is 15.7 Å². The molecule has 0 saturated heterocycles. The highest BCUT2D eigenvalue weighted by Gasteiger charge is 2.05. The van der Waals surface area contributed by atoms with Crippen LogP contribution in [-0.4, -0.2) is 17.0 Å². The molecular formula is C12H12BrN3. The van der Waals surface area contributed by atoms with Crippen LogP contribution < -0.4 is 5.32 Å². The number of hydrogen-bond acceptors (Lipinski definition) is 3. The molecule has 0 saturated carbocycles. The minimum Gasteiger partial charge on any atom is -0.357 e. The summed E-state index contributed by atoms with van der Waals surface area (Å²) in [6.45, 7) is 2.07. The second kappa shape index (κ2) is 4.61. The van der Waals surface area contributed by atoms with Gasteiger partial charge in [-0.3, -0.25) is 0 Å². The molecular weight excluding hydrogens is 266 g/mol. The number of rotatable bonds is 2. The lowest BCUT2D eigenvalue weighted by Crippen LogP contribution is -1.97. The van der Waals surface area contributed by atoms with Crippen LogP contribution in [0, 0.1) is 6.92 Å². The van der Waals surface area contributed by atoms with Gasteiger partial charge in [0.2, 0.25) is 5.95 Å². The first-order valence-electron chi connectivity index (χ1n) is 4.98. The third-order valence-corrected chi connectivity index (χ3v) is 2.85. The molecule has 2 rings (SSSR count). The van der Waals surface area contributed by atoms with Crippen molar-refractivity contribution in [2.45, 2.75) is 6.92 Å². The van der Waals surface area contributed by atoms with Crippen molar-refractivity contribution >= 4 is 21.9 Å². The number of benzene rings is 1. The SMILES string of the molecule is CNc1nccc(-c2cc(Br)ccc2C)n1. The van der Waals surface area contributed by atoms with Crippen LogP contribution in [0.25, 0.3) is 11.3 Å². The molecule has 1 N–H and O–H groups in total. The number of aryl methyl sites for hydroxylation is 1. The van der Waals surface area contributed by atoms with Crippen molar-refractivity contribution in [3.8, 4) is 11.3 Å². The van der Waals surface area contributed by atoms with Crippen LogP contribution >= 0.6 is 15.9 Å².